The molecule has 0 bridgehead atoms. The number of hydrogen-bond donors (Lipinski definition) is 8. The molecule has 8 N–H and O–H groups in total. The highest BCUT2D eigenvalue weighted by molar-refractivity contribution is 5.72. The minimum Gasteiger partial charge on any atom is -0.481 e. The number of carboxylic acids is 2. The van der Waals surface area contributed by atoms with E-state index < -0.39 is 98.3 Å². The molecule has 2 aliphatic heterocycles. The van der Waals surface area contributed by atoms with Crippen molar-refractivity contribution >= 4 is 11.9 Å². The summed E-state index contributed by atoms with van der Waals surface area (Å²) in [7, 11) is 0. The third-order valence-corrected chi connectivity index (χ3v) is 8.25. The van der Waals surface area contributed by atoms with Crippen LogP contribution in [-0.4, -0.2) is 139 Å². The molecule has 13 atom stereocenters. The van der Waals surface area contributed by atoms with Crippen LogP contribution in [0.3, 0.4) is 0 Å². The van der Waals surface area contributed by atoms with Gasteiger partial charge in [0.05, 0.1) is 24.9 Å². The lowest BCUT2D eigenvalue weighted by Crippen LogP contribution is -2.62. The van der Waals surface area contributed by atoms with E-state index in [1.165, 1.54) is 0 Å². The minimum absolute atomic E-state index is 0.0570. The Morgan fingerprint density at radius 3 is 1.95 bits per heavy atom. The molecule has 3 fully saturated rings. The highest BCUT2D eigenvalue weighted by Crippen LogP contribution is 2.33. The standard InChI is InChI=1S/C29H42O15/c30-13-19-22(34)26(40-18(27(38)39)12-14-6-2-1-3-7-14)25(37)29(44-19)42-16-9-5-4-8-15(16)41-28-24(36)23(35)21(33)17(43-28)10-11-20(31)32/h1-3,6-7,15-19,21-26,28-30,33-37H,4-5,8-13H2,(H,31,32)(H,38,39)/t15-,16-,17+,18+,19+,21-,22+,23+,24+,25+,26+,28-,29-/m1/s1. The molecule has 1 saturated carbocycles. The monoisotopic (exact) mass is 630 g/mol. The SMILES string of the molecule is O=C(O)CC[C@@H]1O[C@@H](O[C@@H]2CCCC[C@H]2O[C@@H]2O[C@@H](CO)[C@H](O)[C@H](O[C@@H](Cc3ccccc3)C(=O)O)[C@@H]2O)[C@@H](O)[C@@H](O)[C@@H]1O. The summed E-state index contributed by atoms with van der Waals surface area (Å²) in [6.07, 6.45) is -16.3. The molecule has 4 rings (SSSR count). The van der Waals surface area contributed by atoms with Gasteiger partial charge in [0.25, 0.3) is 0 Å². The second kappa shape index (κ2) is 15.8. The summed E-state index contributed by atoms with van der Waals surface area (Å²) in [5.41, 5.74) is 0.652. The van der Waals surface area contributed by atoms with Crippen molar-refractivity contribution in [3.63, 3.8) is 0 Å². The summed E-state index contributed by atoms with van der Waals surface area (Å²) in [4.78, 5) is 23.0. The molecule has 1 aliphatic carbocycles. The number of ether oxygens (including phenoxy) is 5. The van der Waals surface area contributed by atoms with E-state index in [1.54, 1.807) is 30.3 Å². The molecule has 248 valence electrons. The highest BCUT2D eigenvalue weighted by Gasteiger charge is 2.50. The van der Waals surface area contributed by atoms with Crippen molar-refractivity contribution in [2.45, 2.75) is 125 Å². The van der Waals surface area contributed by atoms with Gasteiger partial charge in [0, 0.05) is 12.8 Å². The first-order valence-corrected chi connectivity index (χ1v) is 14.8. The van der Waals surface area contributed by atoms with Crippen LogP contribution >= 0.6 is 0 Å². The van der Waals surface area contributed by atoms with E-state index >= 15 is 0 Å². The molecule has 44 heavy (non-hydrogen) atoms. The van der Waals surface area contributed by atoms with Crippen LogP contribution in [0.1, 0.15) is 44.1 Å². The first kappa shape index (κ1) is 34.6. The Kier molecular flexibility index (Phi) is 12.4. The number of aliphatic hydroxyl groups excluding tert-OH is 6. The number of aliphatic carboxylic acids is 2. The molecule has 0 aromatic heterocycles. The minimum atomic E-state index is -1.68. The van der Waals surface area contributed by atoms with Crippen molar-refractivity contribution in [2.24, 2.45) is 0 Å². The fourth-order valence-corrected chi connectivity index (χ4v) is 5.79. The second-order valence-electron chi connectivity index (χ2n) is 11.4. The first-order chi connectivity index (χ1) is 21.0. The third-order valence-electron chi connectivity index (χ3n) is 8.25. The summed E-state index contributed by atoms with van der Waals surface area (Å²) in [5.74, 6) is -2.45. The summed E-state index contributed by atoms with van der Waals surface area (Å²) < 4.78 is 29.1. The lowest BCUT2D eigenvalue weighted by atomic mass is 9.93. The molecule has 0 radical (unpaired) electrons. The van der Waals surface area contributed by atoms with Crippen LogP contribution in [0.25, 0.3) is 0 Å². The maximum atomic E-state index is 12.0. The quantitative estimate of drug-likeness (QED) is 0.124. The third kappa shape index (κ3) is 8.50. The lowest BCUT2D eigenvalue weighted by molar-refractivity contribution is -0.346. The van der Waals surface area contributed by atoms with Crippen LogP contribution in [0.15, 0.2) is 30.3 Å². The van der Waals surface area contributed by atoms with E-state index in [9.17, 15) is 45.3 Å². The van der Waals surface area contributed by atoms with Crippen molar-refractivity contribution in [1.29, 1.82) is 0 Å². The Balaban J connectivity index is 1.46. The van der Waals surface area contributed by atoms with Crippen LogP contribution in [0.2, 0.25) is 0 Å². The second-order valence-corrected chi connectivity index (χ2v) is 11.4. The molecule has 1 aromatic rings. The smallest absolute Gasteiger partial charge is 0.333 e. The van der Waals surface area contributed by atoms with Gasteiger partial charge in [-0.2, -0.15) is 0 Å². The Hall–Kier alpha value is -2.28. The van der Waals surface area contributed by atoms with E-state index in [4.69, 9.17) is 28.8 Å². The van der Waals surface area contributed by atoms with Crippen molar-refractivity contribution in [1.82, 2.24) is 0 Å². The van der Waals surface area contributed by atoms with Gasteiger partial charge in [-0.1, -0.05) is 43.2 Å². The number of benzene rings is 1. The van der Waals surface area contributed by atoms with E-state index in [2.05, 4.69) is 0 Å². The summed E-state index contributed by atoms with van der Waals surface area (Å²) >= 11 is 0. The highest BCUT2D eigenvalue weighted by atomic mass is 16.7. The molecule has 0 unspecified atom stereocenters. The van der Waals surface area contributed by atoms with E-state index in [-0.39, 0.29) is 19.3 Å². The summed E-state index contributed by atoms with van der Waals surface area (Å²) in [6.45, 7) is -0.686. The molecule has 1 aromatic carbocycles. The lowest BCUT2D eigenvalue weighted by Gasteiger charge is -2.46. The van der Waals surface area contributed by atoms with Crippen molar-refractivity contribution in [3.05, 3.63) is 35.9 Å². The molecular weight excluding hydrogens is 588 g/mol. The largest absolute Gasteiger partial charge is 0.481 e. The van der Waals surface area contributed by atoms with Gasteiger partial charge in [0.15, 0.2) is 18.7 Å². The molecule has 15 heteroatoms. The van der Waals surface area contributed by atoms with Crippen LogP contribution < -0.4 is 0 Å². The van der Waals surface area contributed by atoms with Gasteiger partial charge in [-0.05, 0) is 24.8 Å². The predicted molar refractivity (Wildman–Crippen MR) is 146 cm³/mol. The van der Waals surface area contributed by atoms with Crippen LogP contribution in [0.5, 0.6) is 0 Å². The number of rotatable bonds is 13. The Labute approximate surface area is 253 Å². The number of hydrogen-bond acceptors (Lipinski definition) is 13. The molecule has 0 spiro atoms. The average molecular weight is 631 g/mol. The Morgan fingerprint density at radius 1 is 0.795 bits per heavy atom. The normalized spacial score (nSPS) is 38.6. The maximum absolute atomic E-state index is 12.0. The number of carbonyl (C=O) groups is 2. The topological polar surface area (TPSA) is 242 Å². The van der Waals surface area contributed by atoms with Crippen molar-refractivity contribution < 1.29 is 74.1 Å². The molecule has 15 nitrogen and oxygen atoms in total. The van der Waals surface area contributed by atoms with Crippen LogP contribution in [-0.2, 0) is 39.7 Å². The zero-order valence-electron chi connectivity index (χ0n) is 24.0. The fraction of sp³-hybridized carbons (Fsp3) is 0.724. The summed E-state index contributed by atoms with van der Waals surface area (Å²) in [6, 6.07) is 8.66. The van der Waals surface area contributed by atoms with Crippen molar-refractivity contribution in [2.75, 3.05) is 6.61 Å². The predicted octanol–water partition coefficient (Wildman–Crippen LogP) is -1.48. The zero-order valence-corrected chi connectivity index (χ0v) is 24.0. The van der Waals surface area contributed by atoms with Crippen LogP contribution in [0.4, 0.5) is 0 Å². The van der Waals surface area contributed by atoms with Crippen molar-refractivity contribution in [3.8, 4) is 0 Å². The number of carboxylic acid groups (broad SMARTS) is 2. The molecule has 2 saturated heterocycles. The van der Waals surface area contributed by atoms with E-state index in [0.29, 0.717) is 31.2 Å². The Morgan fingerprint density at radius 2 is 1.39 bits per heavy atom. The first-order valence-electron chi connectivity index (χ1n) is 14.8. The van der Waals surface area contributed by atoms with Gasteiger partial charge in [-0.3, -0.25) is 4.79 Å². The number of aliphatic hydroxyl groups is 6. The van der Waals surface area contributed by atoms with Gasteiger partial charge < -0.3 is 64.5 Å². The van der Waals surface area contributed by atoms with Crippen LogP contribution in [0, 0.1) is 0 Å². The maximum Gasteiger partial charge on any atom is 0.333 e. The molecule has 3 aliphatic rings. The van der Waals surface area contributed by atoms with Gasteiger partial charge in [0.2, 0.25) is 0 Å². The van der Waals surface area contributed by atoms with E-state index in [0.717, 1.165) is 0 Å². The molecule has 2 heterocycles. The average Bonchev–Trinajstić information content (AvgIpc) is 3.00. The Bertz CT molecular complexity index is 1060. The summed E-state index contributed by atoms with van der Waals surface area (Å²) in [5, 5.41) is 81.8. The van der Waals surface area contributed by atoms with Gasteiger partial charge >= 0.3 is 11.9 Å². The zero-order chi connectivity index (χ0) is 32.0. The van der Waals surface area contributed by atoms with Gasteiger partial charge in [0.1, 0.15) is 42.7 Å². The van der Waals surface area contributed by atoms with E-state index in [1.807, 2.05) is 0 Å². The van der Waals surface area contributed by atoms with Gasteiger partial charge in [-0.25, -0.2) is 4.79 Å². The molecule has 0 amide bonds. The fourth-order valence-electron chi connectivity index (χ4n) is 5.79. The molecular formula is C29H42O15. The van der Waals surface area contributed by atoms with Gasteiger partial charge in [-0.15, -0.1) is 0 Å².